The maximum absolute atomic E-state index is 11.7. The minimum absolute atomic E-state index is 0.0986. The lowest BCUT2D eigenvalue weighted by Gasteiger charge is -2.18. The van der Waals surface area contributed by atoms with E-state index in [-0.39, 0.29) is 11.9 Å². The summed E-state index contributed by atoms with van der Waals surface area (Å²) in [6.07, 6.45) is 0.494. The fourth-order valence-electron chi connectivity index (χ4n) is 2.04. The molecule has 4 heteroatoms. The van der Waals surface area contributed by atoms with Crippen LogP contribution in [0.25, 0.3) is 0 Å². The van der Waals surface area contributed by atoms with Crippen LogP contribution in [0.2, 0.25) is 0 Å². The van der Waals surface area contributed by atoms with E-state index in [1.807, 2.05) is 25.1 Å². The summed E-state index contributed by atoms with van der Waals surface area (Å²) in [5.41, 5.74) is 1.13. The lowest BCUT2D eigenvalue weighted by Crippen LogP contribution is -2.31. The van der Waals surface area contributed by atoms with E-state index in [2.05, 4.69) is 37.5 Å². The van der Waals surface area contributed by atoms with Crippen LogP contribution in [0.15, 0.2) is 24.3 Å². The van der Waals surface area contributed by atoms with E-state index >= 15 is 0 Å². The highest BCUT2D eigenvalue weighted by Gasteiger charge is 2.11. The van der Waals surface area contributed by atoms with E-state index in [1.165, 1.54) is 0 Å². The molecule has 2 N–H and O–H groups in total. The highest BCUT2D eigenvalue weighted by atomic mass is 16.5. The van der Waals surface area contributed by atoms with Crippen molar-refractivity contribution < 1.29 is 9.53 Å². The van der Waals surface area contributed by atoms with E-state index in [9.17, 15) is 4.79 Å². The molecule has 1 aromatic carbocycles. The molecule has 0 radical (unpaired) electrons. The quantitative estimate of drug-likeness (QED) is 0.736. The van der Waals surface area contributed by atoms with E-state index in [0.29, 0.717) is 25.5 Å². The van der Waals surface area contributed by atoms with E-state index < -0.39 is 0 Å². The summed E-state index contributed by atoms with van der Waals surface area (Å²) in [6, 6.07) is 8.17. The van der Waals surface area contributed by atoms with Gasteiger partial charge in [0.05, 0.1) is 6.61 Å². The first-order valence-electron chi connectivity index (χ1n) is 7.76. The van der Waals surface area contributed by atoms with Crippen molar-refractivity contribution in [3.05, 3.63) is 29.8 Å². The first kappa shape index (κ1) is 17.5. The minimum Gasteiger partial charge on any atom is -0.494 e. The van der Waals surface area contributed by atoms with Gasteiger partial charge < -0.3 is 15.4 Å². The molecule has 0 heterocycles. The van der Waals surface area contributed by atoms with Gasteiger partial charge in [-0.3, -0.25) is 4.79 Å². The van der Waals surface area contributed by atoms with Gasteiger partial charge in [0, 0.05) is 31.1 Å². The zero-order valence-electron chi connectivity index (χ0n) is 13.6. The fourth-order valence-corrected chi connectivity index (χ4v) is 2.04. The lowest BCUT2D eigenvalue weighted by molar-refractivity contribution is -0.121. The van der Waals surface area contributed by atoms with Gasteiger partial charge in [-0.15, -0.1) is 0 Å². The monoisotopic (exact) mass is 292 g/mol. The summed E-state index contributed by atoms with van der Waals surface area (Å²) in [6.45, 7) is 10.3. The van der Waals surface area contributed by atoms with Crippen molar-refractivity contribution in [3.8, 4) is 5.75 Å². The smallest absolute Gasteiger partial charge is 0.221 e. The number of carbonyl (C=O) groups is 1. The first-order valence-corrected chi connectivity index (χ1v) is 7.76. The van der Waals surface area contributed by atoms with Gasteiger partial charge >= 0.3 is 0 Å². The molecule has 0 aromatic heterocycles. The van der Waals surface area contributed by atoms with Gasteiger partial charge in [-0.1, -0.05) is 32.0 Å². The molecule has 1 atom stereocenters. The molecule has 1 rings (SSSR count). The number of carbonyl (C=O) groups excluding carboxylic acids is 1. The molecule has 0 aliphatic heterocycles. The molecule has 4 nitrogen and oxygen atoms in total. The van der Waals surface area contributed by atoms with Crippen molar-refractivity contribution in [2.75, 3.05) is 19.7 Å². The standard InChI is InChI=1S/C17H28N2O2/c1-5-21-16-9-7-6-8-15(16)14(4)18-11-10-17(20)19-12-13(2)3/h6-9,13-14,18H,5,10-12H2,1-4H3,(H,19,20). The molecule has 1 unspecified atom stereocenters. The number of ether oxygens (including phenoxy) is 1. The first-order chi connectivity index (χ1) is 10.0. The van der Waals surface area contributed by atoms with Crippen molar-refractivity contribution >= 4 is 5.91 Å². The number of rotatable bonds is 9. The summed E-state index contributed by atoms with van der Waals surface area (Å²) < 4.78 is 5.63. The summed E-state index contributed by atoms with van der Waals surface area (Å²) >= 11 is 0. The second kappa shape index (κ2) is 9.40. The SMILES string of the molecule is CCOc1ccccc1C(C)NCCC(=O)NCC(C)C. The Labute approximate surface area is 128 Å². The van der Waals surface area contributed by atoms with Crippen LogP contribution in [0, 0.1) is 5.92 Å². The molecule has 0 aliphatic carbocycles. The van der Waals surface area contributed by atoms with Crippen LogP contribution in [0.3, 0.4) is 0 Å². The molecule has 0 spiro atoms. The number of para-hydroxylation sites is 1. The zero-order valence-corrected chi connectivity index (χ0v) is 13.6. The second-order valence-corrected chi connectivity index (χ2v) is 5.59. The third kappa shape index (κ3) is 6.63. The second-order valence-electron chi connectivity index (χ2n) is 5.59. The molecule has 1 aromatic rings. The van der Waals surface area contributed by atoms with Crippen LogP contribution in [-0.4, -0.2) is 25.6 Å². The predicted octanol–water partition coefficient (Wildman–Crippen LogP) is 2.90. The molecule has 0 bridgehead atoms. The fraction of sp³-hybridized carbons (Fsp3) is 0.588. The van der Waals surface area contributed by atoms with E-state index in [0.717, 1.165) is 17.9 Å². The largest absolute Gasteiger partial charge is 0.494 e. The summed E-state index contributed by atoms with van der Waals surface area (Å²) in [7, 11) is 0. The normalized spacial score (nSPS) is 12.2. The van der Waals surface area contributed by atoms with Crippen molar-refractivity contribution in [1.29, 1.82) is 0 Å². The Morgan fingerprint density at radius 2 is 1.95 bits per heavy atom. The Balaban J connectivity index is 2.40. The van der Waals surface area contributed by atoms with Crippen LogP contribution in [0.1, 0.15) is 45.7 Å². The number of hydrogen-bond donors (Lipinski definition) is 2. The Bertz CT molecular complexity index is 433. The Hall–Kier alpha value is -1.55. The van der Waals surface area contributed by atoms with Crippen LogP contribution in [0.5, 0.6) is 5.75 Å². The van der Waals surface area contributed by atoms with Gasteiger partial charge in [0.2, 0.25) is 5.91 Å². The van der Waals surface area contributed by atoms with E-state index in [4.69, 9.17) is 4.74 Å². The van der Waals surface area contributed by atoms with Crippen molar-refractivity contribution in [2.45, 2.75) is 40.2 Å². The highest BCUT2D eigenvalue weighted by Crippen LogP contribution is 2.24. The number of nitrogens with one attached hydrogen (secondary N) is 2. The molecule has 118 valence electrons. The van der Waals surface area contributed by atoms with Crippen LogP contribution < -0.4 is 15.4 Å². The number of benzene rings is 1. The number of amides is 1. The van der Waals surface area contributed by atoms with Gasteiger partial charge in [-0.25, -0.2) is 0 Å². The lowest BCUT2D eigenvalue weighted by atomic mass is 10.1. The average molecular weight is 292 g/mol. The van der Waals surface area contributed by atoms with Gasteiger partial charge in [0.25, 0.3) is 0 Å². The minimum atomic E-state index is 0.0986. The maximum Gasteiger partial charge on any atom is 0.221 e. The summed E-state index contributed by atoms with van der Waals surface area (Å²) in [5, 5.41) is 6.30. The van der Waals surface area contributed by atoms with Gasteiger partial charge in [-0.05, 0) is 25.8 Å². The zero-order chi connectivity index (χ0) is 15.7. The Kier molecular flexibility index (Phi) is 7.83. The summed E-state index contributed by atoms with van der Waals surface area (Å²) in [5.74, 6) is 1.49. The van der Waals surface area contributed by atoms with Crippen molar-refractivity contribution in [1.82, 2.24) is 10.6 Å². The molecule has 0 aliphatic rings. The van der Waals surface area contributed by atoms with Gasteiger partial charge in [-0.2, -0.15) is 0 Å². The van der Waals surface area contributed by atoms with Crippen LogP contribution in [0.4, 0.5) is 0 Å². The van der Waals surface area contributed by atoms with Crippen LogP contribution in [-0.2, 0) is 4.79 Å². The molecule has 0 saturated carbocycles. The molecular formula is C17H28N2O2. The Morgan fingerprint density at radius 1 is 1.24 bits per heavy atom. The predicted molar refractivity (Wildman–Crippen MR) is 86.5 cm³/mol. The molecule has 1 amide bonds. The van der Waals surface area contributed by atoms with Gasteiger partial charge in [0.1, 0.15) is 5.75 Å². The average Bonchev–Trinajstić information content (AvgIpc) is 2.46. The Morgan fingerprint density at radius 3 is 2.62 bits per heavy atom. The third-order valence-corrected chi connectivity index (χ3v) is 3.20. The van der Waals surface area contributed by atoms with Crippen LogP contribution >= 0.6 is 0 Å². The molecule has 0 fully saturated rings. The van der Waals surface area contributed by atoms with Gasteiger partial charge in [0.15, 0.2) is 0 Å². The topological polar surface area (TPSA) is 50.4 Å². The maximum atomic E-state index is 11.7. The number of hydrogen-bond acceptors (Lipinski definition) is 3. The molecule has 0 saturated heterocycles. The highest BCUT2D eigenvalue weighted by molar-refractivity contribution is 5.76. The van der Waals surface area contributed by atoms with Crippen molar-refractivity contribution in [3.63, 3.8) is 0 Å². The summed E-state index contributed by atoms with van der Waals surface area (Å²) in [4.78, 5) is 11.7. The molecular weight excluding hydrogens is 264 g/mol. The third-order valence-electron chi connectivity index (χ3n) is 3.20. The molecule has 21 heavy (non-hydrogen) atoms. The van der Waals surface area contributed by atoms with Crippen molar-refractivity contribution in [2.24, 2.45) is 5.92 Å². The van der Waals surface area contributed by atoms with E-state index in [1.54, 1.807) is 0 Å².